The van der Waals surface area contributed by atoms with E-state index in [9.17, 15) is 9.59 Å². The van der Waals surface area contributed by atoms with Gasteiger partial charge in [0.2, 0.25) is 5.91 Å². The fraction of sp³-hybridized carbons (Fsp3) is 0.100. The molecule has 2 aromatic rings. The van der Waals surface area contributed by atoms with E-state index >= 15 is 0 Å². The quantitative estimate of drug-likeness (QED) is 0.686. The van der Waals surface area contributed by atoms with Gasteiger partial charge in [-0.1, -0.05) is 0 Å². The van der Waals surface area contributed by atoms with Crippen molar-refractivity contribution in [2.45, 2.75) is 0 Å². The van der Waals surface area contributed by atoms with Crippen LogP contribution in [-0.4, -0.2) is 28.5 Å². The van der Waals surface area contributed by atoms with Crippen LogP contribution in [0.25, 0.3) is 11.0 Å². The first-order chi connectivity index (χ1) is 7.74. The molecule has 3 rings (SSSR count). The number of nitrogens with one attached hydrogen (secondary N) is 2. The highest BCUT2D eigenvalue weighted by Gasteiger charge is 2.27. The second kappa shape index (κ2) is 3.06. The highest BCUT2D eigenvalue weighted by molar-refractivity contribution is 6.12. The number of imidazole rings is 1. The first-order valence-corrected chi connectivity index (χ1v) is 4.78. The third-order valence-electron chi connectivity index (χ3n) is 2.51. The van der Waals surface area contributed by atoms with Crippen molar-refractivity contribution >= 4 is 28.7 Å². The van der Waals surface area contributed by atoms with Crippen molar-refractivity contribution in [3.63, 3.8) is 0 Å². The summed E-state index contributed by atoms with van der Waals surface area (Å²) >= 11 is 0. The number of hydrogen-bond acceptors (Lipinski definition) is 3. The van der Waals surface area contributed by atoms with E-state index in [4.69, 9.17) is 0 Å². The fourth-order valence-corrected chi connectivity index (χ4v) is 1.74. The second-order valence-electron chi connectivity index (χ2n) is 3.54. The minimum Gasteiger partial charge on any atom is -0.345 e. The minimum absolute atomic E-state index is 0.0679. The molecule has 0 radical (unpaired) electrons. The van der Waals surface area contributed by atoms with Crippen molar-refractivity contribution in [2.24, 2.45) is 0 Å². The molecule has 0 atom stereocenters. The largest absolute Gasteiger partial charge is 0.345 e. The molecule has 1 aromatic heterocycles. The molecule has 1 fully saturated rings. The van der Waals surface area contributed by atoms with Crippen LogP contribution in [0.1, 0.15) is 0 Å². The predicted molar refractivity (Wildman–Crippen MR) is 57.0 cm³/mol. The van der Waals surface area contributed by atoms with Gasteiger partial charge in [0.05, 0.1) is 17.4 Å². The van der Waals surface area contributed by atoms with E-state index in [1.54, 1.807) is 24.5 Å². The number of nitrogens with zero attached hydrogens (tertiary/aromatic N) is 2. The third-order valence-corrected chi connectivity index (χ3v) is 2.51. The Balaban J connectivity index is 2.05. The molecule has 6 nitrogen and oxygen atoms in total. The highest BCUT2D eigenvalue weighted by atomic mass is 16.2. The molecule has 1 aliphatic heterocycles. The molecular formula is C10H8N4O2. The van der Waals surface area contributed by atoms with Crippen LogP contribution in [0, 0.1) is 0 Å². The number of rotatable bonds is 1. The Labute approximate surface area is 90.3 Å². The molecular weight excluding hydrogens is 208 g/mol. The van der Waals surface area contributed by atoms with Crippen molar-refractivity contribution in [1.29, 1.82) is 0 Å². The van der Waals surface area contributed by atoms with Gasteiger partial charge >= 0.3 is 6.03 Å². The van der Waals surface area contributed by atoms with Crippen molar-refractivity contribution < 1.29 is 9.59 Å². The number of imide groups is 1. The Hall–Kier alpha value is -2.37. The summed E-state index contributed by atoms with van der Waals surface area (Å²) in [7, 11) is 0. The zero-order valence-corrected chi connectivity index (χ0v) is 8.23. The van der Waals surface area contributed by atoms with Gasteiger partial charge in [0.25, 0.3) is 0 Å². The molecule has 2 N–H and O–H groups in total. The normalized spacial score (nSPS) is 15.9. The lowest BCUT2D eigenvalue weighted by Crippen LogP contribution is -2.27. The number of carbonyl (C=O) groups is 2. The van der Waals surface area contributed by atoms with Crippen molar-refractivity contribution in [2.75, 3.05) is 11.4 Å². The smallest absolute Gasteiger partial charge is 0.329 e. The number of hydrogen-bond donors (Lipinski definition) is 2. The molecule has 0 spiro atoms. The lowest BCUT2D eigenvalue weighted by molar-refractivity contribution is -0.117. The van der Waals surface area contributed by atoms with E-state index in [0.717, 1.165) is 11.0 Å². The van der Waals surface area contributed by atoms with E-state index < -0.39 is 0 Å². The van der Waals surface area contributed by atoms with Gasteiger partial charge in [-0.05, 0) is 18.2 Å². The predicted octanol–water partition coefficient (Wildman–Crippen LogP) is 0.619. The van der Waals surface area contributed by atoms with Gasteiger partial charge in [0.1, 0.15) is 6.54 Å². The number of aromatic amines is 1. The molecule has 2 heterocycles. The van der Waals surface area contributed by atoms with Crippen LogP contribution >= 0.6 is 0 Å². The molecule has 6 heteroatoms. The number of H-pyrrole nitrogens is 1. The second-order valence-corrected chi connectivity index (χ2v) is 3.54. The highest BCUT2D eigenvalue weighted by Crippen LogP contribution is 2.21. The summed E-state index contributed by atoms with van der Waals surface area (Å²) < 4.78 is 0. The van der Waals surface area contributed by atoms with E-state index in [2.05, 4.69) is 15.3 Å². The molecule has 1 aliphatic rings. The first kappa shape index (κ1) is 8.90. The van der Waals surface area contributed by atoms with Crippen LogP contribution in [0.5, 0.6) is 0 Å². The van der Waals surface area contributed by atoms with Crippen LogP contribution in [0.15, 0.2) is 24.5 Å². The molecule has 0 bridgehead atoms. The van der Waals surface area contributed by atoms with Crippen molar-refractivity contribution in [3.8, 4) is 0 Å². The number of aromatic nitrogens is 2. The molecule has 1 aromatic carbocycles. The van der Waals surface area contributed by atoms with Gasteiger partial charge in [-0.2, -0.15) is 0 Å². The molecule has 16 heavy (non-hydrogen) atoms. The lowest BCUT2D eigenvalue weighted by Gasteiger charge is -2.12. The zero-order valence-electron chi connectivity index (χ0n) is 8.23. The summed E-state index contributed by atoms with van der Waals surface area (Å²) in [4.78, 5) is 30.9. The molecule has 0 unspecified atom stereocenters. The maximum absolute atomic E-state index is 11.4. The van der Waals surface area contributed by atoms with Gasteiger partial charge in [-0.25, -0.2) is 9.78 Å². The fourth-order valence-electron chi connectivity index (χ4n) is 1.74. The average Bonchev–Trinajstić information content (AvgIpc) is 2.83. The number of anilines is 1. The van der Waals surface area contributed by atoms with E-state index in [0.29, 0.717) is 5.69 Å². The Kier molecular flexibility index (Phi) is 1.70. The van der Waals surface area contributed by atoms with Gasteiger partial charge in [0, 0.05) is 5.69 Å². The van der Waals surface area contributed by atoms with Gasteiger partial charge in [-0.3, -0.25) is 15.0 Å². The summed E-state index contributed by atoms with van der Waals surface area (Å²) in [6.45, 7) is 0.0679. The molecule has 0 aliphatic carbocycles. The lowest BCUT2D eigenvalue weighted by atomic mass is 10.2. The number of amides is 3. The summed E-state index contributed by atoms with van der Waals surface area (Å²) in [5.74, 6) is -0.283. The SMILES string of the molecule is O=C1CN(c2ccc3nc[nH]c3c2)C(=O)N1. The summed E-state index contributed by atoms with van der Waals surface area (Å²) in [6, 6.07) is 4.97. The van der Waals surface area contributed by atoms with E-state index in [1.807, 2.05) is 0 Å². The average molecular weight is 216 g/mol. The monoisotopic (exact) mass is 216 g/mol. The Morgan fingerprint density at radius 3 is 2.94 bits per heavy atom. The number of urea groups is 1. The van der Waals surface area contributed by atoms with E-state index in [1.165, 1.54) is 4.90 Å². The summed E-state index contributed by atoms with van der Waals surface area (Å²) in [6.07, 6.45) is 1.59. The van der Waals surface area contributed by atoms with Crippen LogP contribution in [-0.2, 0) is 4.79 Å². The standard InChI is InChI=1S/C10H8N4O2/c15-9-4-14(10(16)13-9)6-1-2-7-8(3-6)12-5-11-7/h1-3,5H,4H2,(H,11,12)(H,13,15,16). The Morgan fingerprint density at radius 1 is 1.31 bits per heavy atom. The summed E-state index contributed by atoms with van der Waals surface area (Å²) in [5.41, 5.74) is 2.35. The van der Waals surface area contributed by atoms with Crippen molar-refractivity contribution in [1.82, 2.24) is 15.3 Å². The molecule has 1 saturated heterocycles. The van der Waals surface area contributed by atoms with Crippen LogP contribution in [0.3, 0.4) is 0 Å². The van der Waals surface area contributed by atoms with Crippen molar-refractivity contribution in [3.05, 3.63) is 24.5 Å². The minimum atomic E-state index is -0.385. The van der Waals surface area contributed by atoms with Gasteiger partial charge in [-0.15, -0.1) is 0 Å². The van der Waals surface area contributed by atoms with Crippen LogP contribution in [0.4, 0.5) is 10.5 Å². The maximum atomic E-state index is 11.4. The third kappa shape index (κ3) is 1.23. The Bertz CT molecular complexity index is 589. The van der Waals surface area contributed by atoms with Gasteiger partial charge < -0.3 is 4.98 Å². The zero-order chi connectivity index (χ0) is 11.1. The Morgan fingerprint density at radius 2 is 2.19 bits per heavy atom. The summed E-state index contributed by atoms with van der Waals surface area (Å²) in [5, 5.41) is 2.23. The molecule has 0 saturated carbocycles. The van der Waals surface area contributed by atoms with Crippen LogP contribution in [0.2, 0.25) is 0 Å². The van der Waals surface area contributed by atoms with Crippen LogP contribution < -0.4 is 10.2 Å². The van der Waals surface area contributed by atoms with E-state index in [-0.39, 0.29) is 18.5 Å². The number of fused-ring (bicyclic) bond motifs is 1. The molecule has 80 valence electrons. The molecule has 3 amide bonds. The first-order valence-electron chi connectivity index (χ1n) is 4.78. The topological polar surface area (TPSA) is 78.1 Å². The number of carbonyl (C=O) groups excluding carboxylic acids is 2. The number of benzene rings is 1. The van der Waals surface area contributed by atoms with Gasteiger partial charge in [0.15, 0.2) is 0 Å². The maximum Gasteiger partial charge on any atom is 0.329 e.